The van der Waals surface area contributed by atoms with Crippen LogP contribution in [0.4, 0.5) is 0 Å². The van der Waals surface area contributed by atoms with Gasteiger partial charge in [0.1, 0.15) is 11.9 Å². The van der Waals surface area contributed by atoms with Crippen LogP contribution in [0.5, 0.6) is 0 Å². The molecule has 5 nitrogen and oxygen atoms in total. The third-order valence-corrected chi connectivity index (χ3v) is 9.59. The minimum atomic E-state index is -0.691. The Morgan fingerprint density at radius 1 is 1.11 bits per heavy atom. The number of ketones is 2. The number of esters is 1. The van der Waals surface area contributed by atoms with E-state index in [1.165, 1.54) is 6.92 Å². The van der Waals surface area contributed by atoms with Gasteiger partial charge in [-0.3, -0.25) is 14.4 Å². The fourth-order valence-corrected chi connectivity index (χ4v) is 8.44. The van der Waals surface area contributed by atoms with Crippen LogP contribution in [-0.4, -0.2) is 35.3 Å². The number of hydrogen-bond donors (Lipinski definition) is 0. The molecule has 4 saturated carbocycles. The molecule has 0 amide bonds. The second-order valence-electron chi connectivity index (χ2n) is 10.7. The number of Topliss-reactive ketones (excluding diaryl/α,β-unsaturated/α-hetero) is 2. The predicted molar refractivity (Wildman–Crippen MR) is 101 cm³/mol. The zero-order valence-corrected chi connectivity index (χ0v) is 17.5. The van der Waals surface area contributed by atoms with Crippen molar-refractivity contribution < 1.29 is 23.9 Å². The molecule has 0 spiro atoms. The molecular weight excluding hydrogens is 356 g/mol. The molecule has 0 aromatic heterocycles. The molecule has 1 aliphatic heterocycles. The summed E-state index contributed by atoms with van der Waals surface area (Å²) in [6.07, 6.45) is 6.26. The lowest BCUT2D eigenvalue weighted by atomic mass is 9.44. The molecule has 0 unspecified atom stereocenters. The van der Waals surface area contributed by atoms with E-state index in [0.717, 1.165) is 38.5 Å². The molecule has 0 aromatic rings. The monoisotopic (exact) mass is 388 g/mol. The number of carbonyl (C=O) groups excluding carboxylic acids is 3. The van der Waals surface area contributed by atoms with Gasteiger partial charge in [0, 0.05) is 24.7 Å². The van der Waals surface area contributed by atoms with E-state index in [1.807, 2.05) is 0 Å². The van der Waals surface area contributed by atoms with Crippen molar-refractivity contribution in [3.05, 3.63) is 0 Å². The Morgan fingerprint density at radius 3 is 2.54 bits per heavy atom. The van der Waals surface area contributed by atoms with Crippen LogP contribution in [-0.2, 0) is 23.9 Å². The SMILES string of the molecule is CC(=O)O[C@@H]1CC[C@@]2(C)[C@@H](CC[C@@H]3[C@@H]2C(=O)C[C@@]2(C)[C@H]3C[C@H]3O[C@]32C(C)=O)C1. The van der Waals surface area contributed by atoms with Crippen molar-refractivity contribution in [2.75, 3.05) is 0 Å². The first-order valence-corrected chi connectivity index (χ1v) is 11.0. The Bertz CT molecular complexity index is 760. The van der Waals surface area contributed by atoms with E-state index in [4.69, 9.17) is 9.47 Å². The maximum atomic E-state index is 13.6. The molecule has 154 valence electrons. The highest BCUT2D eigenvalue weighted by atomic mass is 16.6. The summed E-state index contributed by atoms with van der Waals surface area (Å²) in [6, 6.07) is 0. The van der Waals surface area contributed by atoms with Crippen LogP contribution in [0, 0.1) is 34.5 Å². The van der Waals surface area contributed by atoms with Crippen molar-refractivity contribution in [2.45, 2.75) is 90.4 Å². The minimum Gasteiger partial charge on any atom is -0.463 e. The van der Waals surface area contributed by atoms with E-state index >= 15 is 0 Å². The van der Waals surface area contributed by atoms with Crippen LogP contribution in [0.2, 0.25) is 0 Å². The second kappa shape index (κ2) is 5.68. The lowest BCUT2D eigenvalue weighted by Crippen LogP contribution is -2.60. The van der Waals surface area contributed by atoms with Gasteiger partial charge in [-0.05, 0) is 68.6 Å². The van der Waals surface area contributed by atoms with Gasteiger partial charge in [-0.25, -0.2) is 0 Å². The third kappa shape index (κ3) is 2.15. The Hall–Kier alpha value is -1.23. The van der Waals surface area contributed by atoms with Gasteiger partial charge in [0.05, 0.1) is 6.10 Å². The lowest BCUT2D eigenvalue weighted by molar-refractivity contribution is -0.174. The molecule has 0 bridgehead atoms. The van der Waals surface area contributed by atoms with Gasteiger partial charge in [-0.15, -0.1) is 0 Å². The predicted octanol–water partition coefficient (Wildman–Crippen LogP) is 3.48. The number of epoxide rings is 1. The van der Waals surface area contributed by atoms with E-state index in [-0.39, 0.29) is 40.7 Å². The molecule has 5 aliphatic rings. The van der Waals surface area contributed by atoms with Crippen LogP contribution in [0.1, 0.15) is 72.6 Å². The summed E-state index contributed by atoms with van der Waals surface area (Å²) in [5.41, 5.74) is -1.03. The molecule has 5 rings (SSSR count). The first-order valence-electron chi connectivity index (χ1n) is 11.0. The quantitative estimate of drug-likeness (QED) is 0.535. The van der Waals surface area contributed by atoms with Crippen molar-refractivity contribution in [3.63, 3.8) is 0 Å². The summed E-state index contributed by atoms with van der Waals surface area (Å²) in [5, 5.41) is 0. The van der Waals surface area contributed by atoms with Crippen molar-refractivity contribution in [2.24, 2.45) is 34.5 Å². The highest BCUT2D eigenvalue weighted by Crippen LogP contribution is 2.73. The van der Waals surface area contributed by atoms with Crippen LogP contribution < -0.4 is 0 Å². The van der Waals surface area contributed by atoms with Gasteiger partial charge in [-0.2, -0.15) is 0 Å². The van der Waals surface area contributed by atoms with Crippen LogP contribution in [0.3, 0.4) is 0 Å². The largest absolute Gasteiger partial charge is 0.463 e. The minimum absolute atomic E-state index is 0.00425. The summed E-state index contributed by atoms with van der Waals surface area (Å²) < 4.78 is 11.4. The van der Waals surface area contributed by atoms with Crippen molar-refractivity contribution in [1.29, 1.82) is 0 Å². The fraction of sp³-hybridized carbons (Fsp3) is 0.870. The van der Waals surface area contributed by atoms with E-state index < -0.39 is 5.60 Å². The van der Waals surface area contributed by atoms with Gasteiger partial charge in [0.15, 0.2) is 11.4 Å². The molecule has 5 fully saturated rings. The molecule has 0 aromatic carbocycles. The number of ether oxygens (including phenoxy) is 2. The summed E-state index contributed by atoms with van der Waals surface area (Å²) >= 11 is 0. The number of carbonyl (C=O) groups is 3. The molecule has 4 aliphatic carbocycles. The van der Waals surface area contributed by atoms with Gasteiger partial charge < -0.3 is 9.47 Å². The fourth-order valence-electron chi connectivity index (χ4n) is 8.44. The van der Waals surface area contributed by atoms with Crippen LogP contribution in [0.15, 0.2) is 0 Å². The topological polar surface area (TPSA) is 73.0 Å². The standard InChI is InChI=1S/C23H32O5/c1-12(24)23-19(28-23)10-17-16-6-5-14-9-15(27-13(2)25)7-8-21(14,3)20(16)18(26)11-22(17,23)4/h14-17,19-20H,5-11H2,1-4H3/t14-,15+,16-,17-,19+,20+,21-,22-,23+/m0/s1. The zero-order chi connectivity index (χ0) is 20.1. The Morgan fingerprint density at radius 2 is 1.86 bits per heavy atom. The van der Waals surface area contributed by atoms with E-state index in [2.05, 4.69) is 13.8 Å². The lowest BCUT2D eigenvalue weighted by Gasteiger charge is -2.60. The summed E-state index contributed by atoms with van der Waals surface area (Å²) in [4.78, 5) is 37.4. The molecule has 1 heterocycles. The summed E-state index contributed by atoms with van der Waals surface area (Å²) in [7, 11) is 0. The van der Waals surface area contributed by atoms with Crippen molar-refractivity contribution in [1.82, 2.24) is 0 Å². The maximum Gasteiger partial charge on any atom is 0.302 e. The average Bonchev–Trinajstić information content (AvgIpc) is 3.28. The van der Waals surface area contributed by atoms with Gasteiger partial charge >= 0.3 is 5.97 Å². The van der Waals surface area contributed by atoms with Gasteiger partial charge in [-0.1, -0.05) is 13.8 Å². The maximum absolute atomic E-state index is 13.6. The molecule has 0 radical (unpaired) electrons. The van der Waals surface area contributed by atoms with E-state index in [9.17, 15) is 14.4 Å². The number of fused-ring (bicyclic) bond motifs is 7. The summed E-state index contributed by atoms with van der Waals surface area (Å²) in [6.45, 7) is 7.57. The summed E-state index contributed by atoms with van der Waals surface area (Å²) in [5.74, 6) is 1.55. The van der Waals surface area contributed by atoms with Crippen LogP contribution in [0.25, 0.3) is 0 Å². The highest BCUT2D eigenvalue weighted by molar-refractivity contribution is 5.93. The Labute approximate surface area is 166 Å². The highest BCUT2D eigenvalue weighted by Gasteiger charge is 2.80. The number of hydrogen-bond acceptors (Lipinski definition) is 5. The molecular formula is C23H32O5. The average molecular weight is 389 g/mol. The van der Waals surface area contributed by atoms with Crippen molar-refractivity contribution in [3.8, 4) is 0 Å². The first-order chi connectivity index (χ1) is 13.1. The Balaban J connectivity index is 1.44. The third-order valence-electron chi connectivity index (χ3n) is 9.59. The first kappa shape index (κ1) is 18.8. The van der Waals surface area contributed by atoms with Crippen molar-refractivity contribution >= 4 is 17.5 Å². The molecule has 0 N–H and O–H groups in total. The molecule has 1 saturated heterocycles. The van der Waals surface area contributed by atoms with Gasteiger partial charge in [0.25, 0.3) is 0 Å². The number of rotatable bonds is 2. The Kier molecular flexibility index (Phi) is 3.81. The molecule has 9 atom stereocenters. The molecule has 5 heteroatoms. The van der Waals surface area contributed by atoms with E-state index in [0.29, 0.717) is 30.0 Å². The second-order valence-corrected chi connectivity index (χ2v) is 10.7. The smallest absolute Gasteiger partial charge is 0.302 e. The van der Waals surface area contributed by atoms with Crippen LogP contribution >= 0.6 is 0 Å². The van der Waals surface area contributed by atoms with E-state index in [1.54, 1.807) is 6.92 Å². The zero-order valence-electron chi connectivity index (χ0n) is 17.5. The normalized spacial score (nSPS) is 54.1. The molecule has 28 heavy (non-hydrogen) atoms. The van der Waals surface area contributed by atoms with Gasteiger partial charge in [0.2, 0.25) is 0 Å².